The van der Waals surface area contributed by atoms with Crippen LogP contribution < -0.4 is 4.90 Å². The van der Waals surface area contributed by atoms with Crippen molar-refractivity contribution in [2.75, 3.05) is 21.1 Å². The summed E-state index contributed by atoms with van der Waals surface area (Å²) >= 11 is 0. The van der Waals surface area contributed by atoms with E-state index in [4.69, 9.17) is 0 Å². The van der Waals surface area contributed by atoms with Crippen molar-refractivity contribution in [3.8, 4) is 0 Å². The van der Waals surface area contributed by atoms with Gasteiger partial charge in [0, 0.05) is 14.1 Å². The van der Waals surface area contributed by atoms with Crippen LogP contribution in [0.25, 0.3) is 0 Å². The van der Waals surface area contributed by atoms with Crippen LogP contribution in [0.2, 0.25) is 0 Å². The summed E-state index contributed by atoms with van der Waals surface area (Å²) in [6.07, 6.45) is 14.3. The summed E-state index contributed by atoms with van der Waals surface area (Å²) in [5.74, 6) is 0.779. The molecule has 1 heterocycles. The number of hydrogen-bond acceptors (Lipinski definition) is 3. The summed E-state index contributed by atoms with van der Waals surface area (Å²) < 4.78 is 0. The number of amidine groups is 1. The van der Waals surface area contributed by atoms with Gasteiger partial charge in [-0.15, -0.1) is 20.4 Å². The fraction of sp³-hybridized carbons (Fsp3) is 0.429. The lowest BCUT2D eigenvalue weighted by atomic mass is 10.3. The highest BCUT2D eigenvalue weighted by Crippen LogP contribution is 1.92. The minimum atomic E-state index is 0.00346. The van der Waals surface area contributed by atoms with Gasteiger partial charge in [-0.25, -0.2) is 0 Å². The average molecular weight is 275 g/mol. The number of rotatable bonds is 5. The Morgan fingerprint density at radius 3 is 2.80 bits per heavy atom. The largest absolute Gasteiger partial charge is 0.361 e. The molecule has 0 aliphatic carbocycles. The normalized spacial score (nSPS) is 23.5. The van der Waals surface area contributed by atoms with Crippen LogP contribution in [-0.4, -0.2) is 44.4 Å². The van der Waals surface area contributed by atoms with Crippen LogP contribution in [-0.2, 0) is 0 Å². The molecular weight excluding hydrogens is 252 g/mol. The second-order valence-corrected chi connectivity index (χ2v) is 4.56. The van der Waals surface area contributed by atoms with Crippen molar-refractivity contribution < 1.29 is 4.90 Å². The molecular formula is C14H23N6+. The van der Waals surface area contributed by atoms with Gasteiger partial charge in [-0.05, 0) is 24.6 Å². The molecule has 0 aromatic heterocycles. The first kappa shape index (κ1) is 16.0. The Hall–Kier alpha value is -2.08. The SMILES string of the molecule is CC\C=C/C(=N\N=C\N=NC1C=CC=C[NH+]1C)N(C)C. The van der Waals surface area contributed by atoms with Gasteiger partial charge in [-0.2, -0.15) is 0 Å². The summed E-state index contributed by atoms with van der Waals surface area (Å²) in [6.45, 7) is 2.08. The van der Waals surface area contributed by atoms with Crippen LogP contribution >= 0.6 is 0 Å². The van der Waals surface area contributed by atoms with E-state index in [0.717, 1.165) is 17.2 Å². The van der Waals surface area contributed by atoms with Gasteiger partial charge in [0.25, 0.3) is 0 Å². The molecule has 0 saturated carbocycles. The molecule has 0 aromatic rings. The fourth-order valence-corrected chi connectivity index (χ4v) is 1.46. The third kappa shape index (κ3) is 5.71. The second-order valence-electron chi connectivity index (χ2n) is 4.56. The monoisotopic (exact) mass is 275 g/mol. The third-order valence-electron chi connectivity index (χ3n) is 2.65. The number of likely N-dealkylation sites (N-methyl/N-ethyl adjacent to an activating group) is 2. The van der Waals surface area contributed by atoms with Gasteiger partial charge >= 0.3 is 0 Å². The lowest BCUT2D eigenvalue weighted by Crippen LogP contribution is -3.08. The highest BCUT2D eigenvalue weighted by Gasteiger charge is 2.12. The van der Waals surface area contributed by atoms with Crippen LogP contribution in [0, 0.1) is 0 Å². The van der Waals surface area contributed by atoms with E-state index in [-0.39, 0.29) is 6.17 Å². The number of nitrogens with one attached hydrogen (secondary N) is 1. The molecule has 1 N–H and O–H groups in total. The van der Waals surface area contributed by atoms with Crippen molar-refractivity contribution >= 4 is 12.2 Å². The van der Waals surface area contributed by atoms with E-state index in [2.05, 4.69) is 27.4 Å². The quantitative estimate of drug-likeness (QED) is 0.349. The molecule has 6 nitrogen and oxygen atoms in total. The Balaban J connectivity index is 2.56. The van der Waals surface area contributed by atoms with Gasteiger partial charge < -0.3 is 4.90 Å². The molecule has 0 aromatic carbocycles. The Kier molecular flexibility index (Phi) is 7.13. The molecule has 0 bridgehead atoms. The molecule has 0 fully saturated rings. The standard InChI is InChI=1S/C14H22N6/c1-5-6-9-13(19(2)3)17-15-12-16-18-14-10-7-8-11-20(14)4/h6-12,14H,5H2,1-4H3/p+1/b9-6-,15-12+,17-13+,18-16?. The predicted molar refractivity (Wildman–Crippen MR) is 82.9 cm³/mol. The molecule has 2 unspecified atom stereocenters. The van der Waals surface area contributed by atoms with Gasteiger partial charge in [0.15, 0.2) is 6.34 Å². The molecule has 6 heteroatoms. The smallest absolute Gasteiger partial charge is 0.224 e. The molecule has 1 rings (SSSR count). The average Bonchev–Trinajstić information content (AvgIpc) is 2.43. The first-order chi connectivity index (χ1) is 9.65. The maximum Gasteiger partial charge on any atom is 0.224 e. The minimum absolute atomic E-state index is 0.00346. The number of allylic oxidation sites excluding steroid dienone is 3. The van der Waals surface area contributed by atoms with Crippen LogP contribution in [0.4, 0.5) is 0 Å². The number of nitrogens with zero attached hydrogens (tertiary/aromatic N) is 5. The van der Waals surface area contributed by atoms with Crippen molar-refractivity contribution in [2.45, 2.75) is 19.5 Å². The van der Waals surface area contributed by atoms with Crippen LogP contribution in [0.3, 0.4) is 0 Å². The fourth-order valence-electron chi connectivity index (χ4n) is 1.46. The Morgan fingerprint density at radius 2 is 2.15 bits per heavy atom. The topological polar surface area (TPSA) is 57.1 Å². The summed E-state index contributed by atoms with van der Waals surface area (Å²) in [6, 6.07) is 0. The van der Waals surface area contributed by atoms with Crippen molar-refractivity contribution in [1.82, 2.24) is 4.90 Å². The van der Waals surface area contributed by atoms with E-state index in [1.54, 1.807) is 0 Å². The molecule has 20 heavy (non-hydrogen) atoms. The molecule has 1 aliphatic rings. The van der Waals surface area contributed by atoms with E-state index in [0.29, 0.717) is 0 Å². The van der Waals surface area contributed by atoms with Crippen LogP contribution in [0.1, 0.15) is 13.3 Å². The lowest BCUT2D eigenvalue weighted by Gasteiger charge is -2.14. The number of quaternary nitrogens is 1. The van der Waals surface area contributed by atoms with Gasteiger partial charge in [0.05, 0.1) is 13.2 Å². The predicted octanol–water partition coefficient (Wildman–Crippen LogP) is 1.23. The molecule has 2 atom stereocenters. The molecule has 0 amide bonds. The maximum absolute atomic E-state index is 4.17. The highest BCUT2D eigenvalue weighted by molar-refractivity contribution is 5.92. The lowest BCUT2D eigenvalue weighted by molar-refractivity contribution is -0.845. The zero-order valence-corrected chi connectivity index (χ0v) is 12.6. The minimum Gasteiger partial charge on any atom is -0.361 e. The summed E-state index contributed by atoms with van der Waals surface area (Å²) in [7, 11) is 5.87. The van der Waals surface area contributed by atoms with E-state index in [1.165, 1.54) is 6.34 Å². The van der Waals surface area contributed by atoms with Crippen molar-refractivity contribution in [1.29, 1.82) is 0 Å². The van der Waals surface area contributed by atoms with Crippen molar-refractivity contribution in [2.24, 2.45) is 20.4 Å². The summed E-state index contributed by atoms with van der Waals surface area (Å²) in [5.41, 5.74) is 0. The van der Waals surface area contributed by atoms with Crippen LogP contribution in [0.5, 0.6) is 0 Å². The second kappa shape index (κ2) is 8.92. The zero-order chi connectivity index (χ0) is 14.8. The van der Waals surface area contributed by atoms with E-state index in [9.17, 15) is 0 Å². The molecule has 0 spiro atoms. The zero-order valence-electron chi connectivity index (χ0n) is 12.6. The van der Waals surface area contributed by atoms with Crippen molar-refractivity contribution in [3.63, 3.8) is 0 Å². The first-order valence-corrected chi connectivity index (χ1v) is 6.66. The summed E-state index contributed by atoms with van der Waals surface area (Å²) in [5, 5.41) is 16.1. The van der Waals surface area contributed by atoms with E-state index in [1.807, 2.05) is 62.6 Å². The van der Waals surface area contributed by atoms with E-state index >= 15 is 0 Å². The third-order valence-corrected chi connectivity index (χ3v) is 2.65. The Morgan fingerprint density at radius 1 is 1.35 bits per heavy atom. The highest BCUT2D eigenvalue weighted by atomic mass is 15.3. The van der Waals surface area contributed by atoms with E-state index < -0.39 is 0 Å². The molecule has 0 saturated heterocycles. The Bertz CT molecular complexity index is 456. The maximum atomic E-state index is 4.17. The Labute approximate surface area is 120 Å². The molecule has 108 valence electrons. The summed E-state index contributed by atoms with van der Waals surface area (Å²) in [4.78, 5) is 3.06. The number of hydrogen-bond donors (Lipinski definition) is 1. The molecule has 1 aliphatic heterocycles. The van der Waals surface area contributed by atoms with Crippen molar-refractivity contribution in [3.05, 3.63) is 36.6 Å². The van der Waals surface area contributed by atoms with Gasteiger partial charge in [0.1, 0.15) is 5.84 Å². The first-order valence-electron chi connectivity index (χ1n) is 6.66. The van der Waals surface area contributed by atoms with Crippen LogP contribution in [0.15, 0.2) is 57.0 Å². The van der Waals surface area contributed by atoms with Gasteiger partial charge in [-0.3, -0.25) is 4.90 Å². The van der Waals surface area contributed by atoms with Gasteiger partial charge in [0.2, 0.25) is 6.17 Å². The number of azo groups is 1. The molecule has 0 radical (unpaired) electrons. The van der Waals surface area contributed by atoms with Gasteiger partial charge in [-0.1, -0.05) is 19.1 Å².